The van der Waals surface area contributed by atoms with Gasteiger partial charge in [-0.05, 0) is 36.2 Å². The van der Waals surface area contributed by atoms with E-state index in [9.17, 15) is 9.59 Å². The summed E-state index contributed by atoms with van der Waals surface area (Å²) < 4.78 is 5.26. The van der Waals surface area contributed by atoms with Crippen LogP contribution in [0.2, 0.25) is 0 Å². The van der Waals surface area contributed by atoms with Gasteiger partial charge >= 0.3 is 0 Å². The van der Waals surface area contributed by atoms with Gasteiger partial charge in [-0.3, -0.25) is 20.4 Å². The van der Waals surface area contributed by atoms with E-state index in [2.05, 4.69) is 10.9 Å². The summed E-state index contributed by atoms with van der Waals surface area (Å²) in [5.41, 5.74) is 7.23. The number of nitrogens with one attached hydrogen (secondary N) is 2. The number of hydrogen-bond acceptors (Lipinski definition) is 4. The Morgan fingerprint density at radius 2 is 1.80 bits per heavy atom. The lowest BCUT2D eigenvalue weighted by atomic mass is 10.1. The average molecular weight is 341 g/mol. The molecular weight excluding hydrogens is 318 g/mol. The van der Waals surface area contributed by atoms with Gasteiger partial charge in [-0.1, -0.05) is 24.3 Å². The van der Waals surface area contributed by atoms with Crippen molar-refractivity contribution in [3.05, 3.63) is 59.7 Å². The van der Waals surface area contributed by atoms with Crippen LogP contribution in [0.4, 0.5) is 5.69 Å². The van der Waals surface area contributed by atoms with E-state index < -0.39 is 0 Å². The van der Waals surface area contributed by atoms with Crippen molar-refractivity contribution < 1.29 is 14.3 Å². The van der Waals surface area contributed by atoms with E-state index >= 15 is 0 Å². The van der Waals surface area contributed by atoms with Gasteiger partial charge in [0.2, 0.25) is 5.91 Å². The normalized spacial score (nSPS) is 10.0. The first-order chi connectivity index (χ1) is 12.0. The summed E-state index contributed by atoms with van der Waals surface area (Å²) in [7, 11) is 5.40. The SMILES string of the molecule is COc1ccccc1CCC(=O)NNC(=O)c1cccc(N(C)C)c1. The minimum Gasteiger partial charge on any atom is -0.496 e. The number of hydrogen-bond donors (Lipinski definition) is 2. The summed E-state index contributed by atoms with van der Waals surface area (Å²) in [4.78, 5) is 26.0. The molecule has 2 aromatic rings. The second-order valence-corrected chi connectivity index (χ2v) is 5.76. The Hall–Kier alpha value is -3.02. The highest BCUT2D eigenvalue weighted by molar-refractivity contribution is 5.96. The fourth-order valence-electron chi connectivity index (χ4n) is 2.34. The largest absolute Gasteiger partial charge is 0.496 e. The number of hydrazine groups is 1. The van der Waals surface area contributed by atoms with E-state index in [0.717, 1.165) is 17.0 Å². The van der Waals surface area contributed by atoms with Gasteiger partial charge in [0.05, 0.1) is 7.11 Å². The van der Waals surface area contributed by atoms with Gasteiger partial charge in [-0.2, -0.15) is 0 Å². The summed E-state index contributed by atoms with van der Waals surface area (Å²) in [6, 6.07) is 14.7. The minimum absolute atomic E-state index is 0.248. The first kappa shape index (κ1) is 18.3. The molecular formula is C19H23N3O3. The molecule has 2 amide bonds. The molecule has 25 heavy (non-hydrogen) atoms. The third-order valence-electron chi connectivity index (χ3n) is 3.75. The van der Waals surface area contributed by atoms with E-state index in [0.29, 0.717) is 12.0 Å². The van der Waals surface area contributed by atoms with Crippen molar-refractivity contribution in [3.8, 4) is 5.75 Å². The lowest BCUT2D eigenvalue weighted by Gasteiger charge is -2.14. The zero-order valence-electron chi connectivity index (χ0n) is 14.7. The van der Waals surface area contributed by atoms with Crippen molar-refractivity contribution in [2.24, 2.45) is 0 Å². The van der Waals surface area contributed by atoms with E-state index in [-0.39, 0.29) is 18.2 Å². The molecule has 0 saturated carbocycles. The quantitative estimate of drug-likeness (QED) is 0.790. The Morgan fingerprint density at radius 1 is 1.04 bits per heavy atom. The number of carbonyl (C=O) groups is 2. The van der Waals surface area contributed by atoms with Crippen molar-refractivity contribution in [1.29, 1.82) is 0 Å². The van der Waals surface area contributed by atoms with E-state index in [1.165, 1.54) is 0 Å². The van der Waals surface area contributed by atoms with Crippen LogP contribution in [0, 0.1) is 0 Å². The molecule has 2 N–H and O–H groups in total. The van der Waals surface area contributed by atoms with Crippen LogP contribution in [0.15, 0.2) is 48.5 Å². The molecule has 0 spiro atoms. The van der Waals surface area contributed by atoms with Crippen LogP contribution in [0.25, 0.3) is 0 Å². The predicted molar refractivity (Wildman–Crippen MR) is 97.7 cm³/mol. The van der Waals surface area contributed by atoms with Crippen molar-refractivity contribution in [2.45, 2.75) is 12.8 Å². The molecule has 0 unspecified atom stereocenters. The number of rotatable bonds is 6. The fourth-order valence-corrected chi connectivity index (χ4v) is 2.34. The lowest BCUT2D eigenvalue weighted by molar-refractivity contribution is -0.121. The van der Waals surface area contributed by atoms with Crippen LogP contribution >= 0.6 is 0 Å². The van der Waals surface area contributed by atoms with Crippen molar-refractivity contribution in [3.63, 3.8) is 0 Å². The maximum absolute atomic E-state index is 12.1. The van der Waals surface area contributed by atoms with Crippen LogP contribution in [-0.4, -0.2) is 33.0 Å². The van der Waals surface area contributed by atoms with Gasteiger partial charge in [-0.15, -0.1) is 0 Å². The number of aryl methyl sites for hydroxylation is 1. The highest BCUT2D eigenvalue weighted by Crippen LogP contribution is 2.18. The van der Waals surface area contributed by atoms with Crippen LogP contribution < -0.4 is 20.5 Å². The zero-order chi connectivity index (χ0) is 18.2. The molecule has 0 bridgehead atoms. The molecule has 0 fully saturated rings. The number of carbonyl (C=O) groups excluding carboxylic acids is 2. The number of para-hydroxylation sites is 1. The van der Waals surface area contributed by atoms with Crippen LogP contribution in [0.1, 0.15) is 22.3 Å². The molecule has 0 atom stereocenters. The topological polar surface area (TPSA) is 70.7 Å². The maximum Gasteiger partial charge on any atom is 0.269 e. The number of amides is 2. The standard InChI is InChI=1S/C19H23N3O3/c1-22(2)16-9-6-8-15(13-16)19(24)21-20-18(23)12-11-14-7-4-5-10-17(14)25-3/h4-10,13H,11-12H2,1-3H3,(H,20,23)(H,21,24). The number of benzene rings is 2. The Kier molecular flexibility index (Phi) is 6.39. The molecule has 0 aliphatic rings. The van der Waals surface area contributed by atoms with Crippen LogP contribution in [0.3, 0.4) is 0 Å². The third kappa shape index (κ3) is 5.24. The number of methoxy groups -OCH3 is 1. The first-order valence-corrected chi connectivity index (χ1v) is 7.99. The van der Waals surface area contributed by atoms with E-state index in [1.54, 1.807) is 25.3 Å². The van der Waals surface area contributed by atoms with Crippen molar-refractivity contribution in [1.82, 2.24) is 10.9 Å². The zero-order valence-corrected chi connectivity index (χ0v) is 14.7. The average Bonchev–Trinajstić information content (AvgIpc) is 2.64. The fraction of sp³-hybridized carbons (Fsp3) is 0.263. The molecule has 6 nitrogen and oxygen atoms in total. The van der Waals surface area contributed by atoms with Crippen molar-refractivity contribution in [2.75, 3.05) is 26.1 Å². The Labute approximate surface area is 147 Å². The third-order valence-corrected chi connectivity index (χ3v) is 3.75. The highest BCUT2D eigenvalue weighted by Gasteiger charge is 2.10. The molecule has 132 valence electrons. The molecule has 0 heterocycles. The van der Waals surface area contributed by atoms with E-state index in [4.69, 9.17) is 4.74 Å². The maximum atomic E-state index is 12.1. The molecule has 0 saturated heterocycles. The van der Waals surface area contributed by atoms with Gasteiger partial charge in [0, 0.05) is 31.8 Å². The van der Waals surface area contributed by atoms with Gasteiger partial charge < -0.3 is 9.64 Å². The smallest absolute Gasteiger partial charge is 0.269 e. The summed E-state index contributed by atoms with van der Waals surface area (Å²) in [6.45, 7) is 0. The Bertz CT molecular complexity index is 744. The lowest BCUT2D eigenvalue weighted by Crippen LogP contribution is -2.41. The Morgan fingerprint density at radius 3 is 2.52 bits per heavy atom. The van der Waals surface area contributed by atoms with Gasteiger partial charge in [0.1, 0.15) is 5.75 Å². The van der Waals surface area contributed by atoms with Crippen LogP contribution in [0.5, 0.6) is 5.75 Å². The summed E-state index contributed by atoms with van der Waals surface area (Å²) in [5, 5.41) is 0. The van der Waals surface area contributed by atoms with Gasteiger partial charge in [0.15, 0.2) is 0 Å². The van der Waals surface area contributed by atoms with Crippen molar-refractivity contribution >= 4 is 17.5 Å². The molecule has 0 radical (unpaired) electrons. The monoisotopic (exact) mass is 341 g/mol. The first-order valence-electron chi connectivity index (χ1n) is 7.99. The number of ether oxygens (including phenoxy) is 1. The molecule has 0 aliphatic heterocycles. The summed E-state index contributed by atoms with van der Waals surface area (Å²) in [6.07, 6.45) is 0.778. The molecule has 6 heteroatoms. The second kappa shape index (κ2) is 8.73. The van der Waals surface area contributed by atoms with Gasteiger partial charge in [0.25, 0.3) is 5.91 Å². The molecule has 2 rings (SSSR count). The molecule has 0 aromatic heterocycles. The minimum atomic E-state index is -0.352. The van der Waals surface area contributed by atoms with Crippen LogP contribution in [-0.2, 0) is 11.2 Å². The Balaban J connectivity index is 1.85. The predicted octanol–water partition coefficient (Wildman–Crippen LogP) is 2.16. The number of anilines is 1. The summed E-state index contributed by atoms with van der Waals surface area (Å²) in [5.74, 6) is 0.136. The highest BCUT2D eigenvalue weighted by atomic mass is 16.5. The number of nitrogens with zero attached hydrogens (tertiary/aromatic N) is 1. The van der Waals surface area contributed by atoms with E-state index in [1.807, 2.05) is 49.3 Å². The molecule has 2 aromatic carbocycles. The summed E-state index contributed by atoms with van der Waals surface area (Å²) >= 11 is 0. The second-order valence-electron chi connectivity index (χ2n) is 5.76. The van der Waals surface area contributed by atoms with Gasteiger partial charge in [-0.25, -0.2) is 0 Å². The molecule has 0 aliphatic carbocycles.